The van der Waals surface area contributed by atoms with E-state index >= 15 is 0 Å². The fourth-order valence-corrected chi connectivity index (χ4v) is 3.11. The molecule has 7 nitrogen and oxygen atoms in total. The Morgan fingerprint density at radius 3 is 2.48 bits per heavy atom. The molecule has 1 aromatic carbocycles. The Morgan fingerprint density at radius 2 is 2.00 bits per heavy atom. The molecule has 1 unspecified atom stereocenters. The number of rotatable bonds is 6. The van der Waals surface area contributed by atoms with Gasteiger partial charge in [0.15, 0.2) is 5.75 Å². The van der Waals surface area contributed by atoms with Crippen LogP contribution in [0, 0.1) is 0 Å². The summed E-state index contributed by atoms with van der Waals surface area (Å²) in [6.07, 6.45) is -0.471. The highest BCUT2D eigenvalue weighted by atomic mass is 79.9. The predicted octanol–water partition coefficient (Wildman–Crippen LogP) is 1.30. The van der Waals surface area contributed by atoms with Crippen molar-refractivity contribution >= 4 is 31.9 Å². The largest absolute Gasteiger partial charge is 0.494 e. The van der Waals surface area contributed by atoms with Crippen molar-refractivity contribution in [3.63, 3.8) is 0 Å². The summed E-state index contributed by atoms with van der Waals surface area (Å²) in [4.78, 5) is 11.7. The van der Waals surface area contributed by atoms with Gasteiger partial charge >= 0.3 is 5.97 Å². The van der Waals surface area contributed by atoms with Gasteiger partial charge in [-0.15, -0.1) is 0 Å². The van der Waals surface area contributed by atoms with E-state index in [4.69, 9.17) is 19.3 Å². The Balaban J connectivity index is 3.22. The van der Waals surface area contributed by atoms with E-state index in [0.29, 0.717) is 0 Å². The summed E-state index contributed by atoms with van der Waals surface area (Å²) < 4.78 is 38.4. The van der Waals surface area contributed by atoms with Crippen molar-refractivity contribution in [2.45, 2.75) is 17.9 Å². The monoisotopic (exact) mass is 381 g/mol. The molecule has 118 valence electrons. The zero-order valence-electron chi connectivity index (χ0n) is 11.8. The molecule has 1 rings (SSSR count). The van der Waals surface area contributed by atoms with Gasteiger partial charge in [0.2, 0.25) is 10.0 Å². The Kier molecular flexibility index (Phi) is 6.14. The quantitative estimate of drug-likeness (QED) is 0.744. The van der Waals surface area contributed by atoms with Gasteiger partial charge in [-0.05, 0) is 35.0 Å². The fourth-order valence-electron chi connectivity index (χ4n) is 1.61. The molecule has 0 bridgehead atoms. The summed E-state index contributed by atoms with van der Waals surface area (Å²) in [5.74, 6) is -0.660. The normalized spacial score (nSPS) is 12.8. The van der Waals surface area contributed by atoms with Crippen molar-refractivity contribution in [3.05, 3.63) is 22.2 Å². The van der Waals surface area contributed by atoms with Gasteiger partial charge < -0.3 is 14.2 Å². The topological polar surface area (TPSA) is 105 Å². The first kappa shape index (κ1) is 17.9. The summed E-state index contributed by atoms with van der Waals surface area (Å²) in [7, 11) is -1.27. The van der Waals surface area contributed by atoms with Crippen molar-refractivity contribution in [1.29, 1.82) is 0 Å². The molecule has 9 heteroatoms. The van der Waals surface area contributed by atoms with Crippen LogP contribution in [0.4, 0.5) is 0 Å². The first-order chi connectivity index (χ1) is 9.70. The molecule has 1 aromatic rings. The van der Waals surface area contributed by atoms with E-state index in [1.807, 2.05) is 0 Å². The zero-order chi connectivity index (χ0) is 16.2. The highest BCUT2D eigenvalue weighted by Gasteiger charge is 2.22. The van der Waals surface area contributed by atoms with Crippen molar-refractivity contribution in [1.82, 2.24) is 0 Å². The van der Waals surface area contributed by atoms with Crippen LogP contribution in [0.1, 0.15) is 17.3 Å². The van der Waals surface area contributed by atoms with Gasteiger partial charge in [0.25, 0.3) is 0 Å². The number of hydrogen-bond acceptors (Lipinski definition) is 6. The Hall–Kier alpha value is -1.16. The lowest BCUT2D eigenvalue weighted by atomic mass is 10.2. The van der Waals surface area contributed by atoms with Crippen molar-refractivity contribution in [2.75, 3.05) is 20.8 Å². The number of carbonyl (C=O) groups is 1. The van der Waals surface area contributed by atoms with Gasteiger partial charge in [0.05, 0.1) is 23.8 Å². The highest BCUT2D eigenvalue weighted by Crippen LogP contribution is 2.33. The molecule has 0 aliphatic rings. The molecule has 0 radical (unpaired) electrons. The molecule has 0 aliphatic carbocycles. The maximum Gasteiger partial charge on any atom is 0.338 e. The smallest absolute Gasteiger partial charge is 0.338 e. The van der Waals surface area contributed by atoms with E-state index in [1.165, 1.54) is 20.3 Å². The molecule has 0 heterocycles. The summed E-state index contributed by atoms with van der Waals surface area (Å²) in [5.41, 5.74) is 0.0367. The van der Waals surface area contributed by atoms with E-state index in [0.717, 1.165) is 6.07 Å². The molecule has 0 aliphatic heterocycles. The first-order valence-corrected chi connectivity index (χ1v) is 8.15. The van der Waals surface area contributed by atoms with Gasteiger partial charge in [-0.25, -0.2) is 18.4 Å². The SMILES string of the molecule is COCC(C)OC(=O)c1cc(Br)c(OC)c(S(N)(=O)=O)c1. The second-order valence-electron chi connectivity index (χ2n) is 4.21. The molecule has 2 N–H and O–H groups in total. The Labute approximate surface area is 131 Å². The van der Waals surface area contributed by atoms with E-state index < -0.39 is 22.1 Å². The lowest BCUT2D eigenvalue weighted by Crippen LogP contribution is -2.20. The zero-order valence-corrected chi connectivity index (χ0v) is 14.2. The molecular formula is C12H16BrNO6S. The fraction of sp³-hybridized carbons (Fsp3) is 0.417. The summed E-state index contributed by atoms with van der Waals surface area (Å²) >= 11 is 3.14. The predicted molar refractivity (Wildman–Crippen MR) is 78.8 cm³/mol. The van der Waals surface area contributed by atoms with Gasteiger partial charge in [-0.1, -0.05) is 0 Å². The number of primary sulfonamides is 1. The van der Waals surface area contributed by atoms with E-state index in [-0.39, 0.29) is 27.3 Å². The van der Waals surface area contributed by atoms with Crippen LogP contribution in [0.15, 0.2) is 21.5 Å². The second-order valence-corrected chi connectivity index (χ2v) is 6.59. The number of hydrogen-bond donors (Lipinski definition) is 1. The van der Waals surface area contributed by atoms with Gasteiger partial charge in [0.1, 0.15) is 11.0 Å². The Morgan fingerprint density at radius 1 is 1.38 bits per heavy atom. The molecule has 0 saturated heterocycles. The number of methoxy groups -OCH3 is 2. The maximum atomic E-state index is 12.0. The van der Waals surface area contributed by atoms with Crippen LogP contribution < -0.4 is 9.88 Å². The molecule has 0 spiro atoms. The third-order valence-corrected chi connectivity index (χ3v) is 3.97. The molecular weight excluding hydrogens is 366 g/mol. The number of halogens is 1. The highest BCUT2D eigenvalue weighted by molar-refractivity contribution is 9.10. The minimum Gasteiger partial charge on any atom is -0.494 e. The first-order valence-electron chi connectivity index (χ1n) is 5.81. The van der Waals surface area contributed by atoms with E-state index in [9.17, 15) is 13.2 Å². The van der Waals surface area contributed by atoms with Crippen molar-refractivity contribution < 1.29 is 27.4 Å². The minimum atomic E-state index is -4.05. The third-order valence-electron chi connectivity index (χ3n) is 2.47. The van der Waals surface area contributed by atoms with Crippen molar-refractivity contribution in [3.8, 4) is 5.75 Å². The van der Waals surface area contributed by atoms with Gasteiger partial charge in [-0.3, -0.25) is 0 Å². The lowest BCUT2D eigenvalue weighted by molar-refractivity contribution is 0.0120. The maximum absolute atomic E-state index is 12.0. The average Bonchev–Trinajstić information content (AvgIpc) is 2.36. The standard InChI is InChI=1S/C12H16BrNO6S/c1-7(6-18-2)20-12(15)8-4-9(13)11(19-3)10(5-8)21(14,16)17/h4-5,7H,6H2,1-3H3,(H2,14,16,17). The van der Waals surface area contributed by atoms with Crippen LogP contribution in [-0.2, 0) is 19.5 Å². The molecule has 21 heavy (non-hydrogen) atoms. The van der Waals surface area contributed by atoms with Crippen LogP contribution in [0.2, 0.25) is 0 Å². The molecule has 0 amide bonds. The summed E-state index contributed by atoms with van der Waals surface area (Å²) in [6.45, 7) is 1.88. The number of carbonyl (C=O) groups excluding carboxylic acids is 1. The van der Waals surface area contributed by atoms with E-state index in [1.54, 1.807) is 6.92 Å². The third kappa shape index (κ3) is 4.67. The number of benzene rings is 1. The Bertz CT molecular complexity index is 631. The molecule has 0 aromatic heterocycles. The van der Waals surface area contributed by atoms with Crippen LogP contribution in [-0.4, -0.2) is 41.3 Å². The molecule has 1 atom stereocenters. The minimum absolute atomic E-state index is 0.0268. The van der Waals surface area contributed by atoms with Crippen LogP contribution >= 0.6 is 15.9 Å². The summed E-state index contributed by atoms with van der Waals surface area (Å²) in [6, 6.07) is 2.51. The van der Waals surface area contributed by atoms with Crippen LogP contribution in [0.25, 0.3) is 0 Å². The number of ether oxygens (including phenoxy) is 3. The summed E-state index contributed by atoms with van der Waals surface area (Å²) in [5, 5.41) is 5.12. The van der Waals surface area contributed by atoms with Crippen LogP contribution in [0.3, 0.4) is 0 Å². The second kappa shape index (κ2) is 7.21. The van der Waals surface area contributed by atoms with Crippen LogP contribution in [0.5, 0.6) is 5.75 Å². The van der Waals surface area contributed by atoms with Gasteiger partial charge in [0, 0.05) is 7.11 Å². The number of nitrogens with two attached hydrogens (primary N) is 1. The number of esters is 1. The van der Waals surface area contributed by atoms with Gasteiger partial charge in [-0.2, -0.15) is 0 Å². The van der Waals surface area contributed by atoms with Crippen molar-refractivity contribution in [2.24, 2.45) is 5.14 Å². The average molecular weight is 382 g/mol. The molecule has 0 fully saturated rings. The number of sulfonamides is 1. The lowest BCUT2D eigenvalue weighted by Gasteiger charge is -2.14. The molecule has 0 saturated carbocycles. The van der Waals surface area contributed by atoms with E-state index in [2.05, 4.69) is 15.9 Å².